The van der Waals surface area contributed by atoms with Crippen LogP contribution in [0.15, 0.2) is 46.3 Å². The molecule has 0 atom stereocenters. The molecule has 6 heteroatoms. The minimum absolute atomic E-state index is 0.0484. The topological polar surface area (TPSA) is 51.1 Å². The zero-order valence-corrected chi connectivity index (χ0v) is 18.3. The van der Waals surface area contributed by atoms with Gasteiger partial charge in [0.2, 0.25) is 0 Å². The highest BCUT2D eigenvalue weighted by Crippen LogP contribution is 2.38. The van der Waals surface area contributed by atoms with Gasteiger partial charge < -0.3 is 9.47 Å². The largest absolute Gasteiger partial charge is 0.493 e. The van der Waals surface area contributed by atoms with Crippen LogP contribution < -0.4 is 9.47 Å². The molecule has 1 aliphatic heterocycles. The van der Waals surface area contributed by atoms with E-state index in [1.807, 2.05) is 70.2 Å². The molecule has 3 rings (SSSR count). The van der Waals surface area contributed by atoms with E-state index in [0.717, 1.165) is 22.4 Å². The maximum Gasteiger partial charge on any atom is 0.266 e. The third-order valence-corrected chi connectivity index (χ3v) is 5.66. The Kier molecular flexibility index (Phi) is 6.64. The first kappa shape index (κ1) is 21.0. The van der Waals surface area contributed by atoms with Crippen molar-refractivity contribution in [2.75, 3.05) is 20.3 Å². The Labute approximate surface area is 176 Å². The maximum atomic E-state index is 13.0. The van der Waals surface area contributed by atoms with Crippen molar-refractivity contribution in [3.05, 3.63) is 58.0 Å². The van der Waals surface area contributed by atoms with Crippen LogP contribution in [0.5, 0.6) is 11.5 Å². The van der Waals surface area contributed by atoms with Gasteiger partial charge >= 0.3 is 0 Å². The average Bonchev–Trinajstić information content (AvgIpc) is 3.00. The number of hydrogen-bond donors (Lipinski definition) is 0. The van der Waals surface area contributed by atoms with Crippen molar-refractivity contribution >= 4 is 34.6 Å². The molecule has 0 radical (unpaired) electrons. The van der Waals surface area contributed by atoms with E-state index >= 15 is 0 Å². The summed E-state index contributed by atoms with van der Waals surface area (Å²) >= 11 is 1.39. The number of para-hydroxylation sites is 2. The molecule has 1 heterocycles. The number of likely N-dealkylation sites (N-methyl/N-ethyl adjacent to an activating group) is 1. The van der Waals surface area contributed by atoms with Gasteiger partial charge in [-0.1, -0.05) is 30.3 Å². The van der Waals surface area contributed by atoms with Gasteiger partial charge in [0.1, 0.15) is 0 Å². The summed E-state index contributed by atoms with van der Waals surface area (Å²) < 4.78 is 11.2. The van der Waals surface area contributed by atoms with Gasteiger partial charge in [0, 0.05) is 12.1 Å². The zero-order chi connectivity index (χ0) is 21.0. The van der Waals surface area contributed by atoms with Gasteiger partial charge in [-0.15, -0.1) is 0 Å². The van der Waals surface area contributed by atoms with E-state index in [9.17, 15) is 4.79 Å². The third kappa shape index (κ3) is 4.32. The fraction of sp³-hybridized carbons (Fsp3) is 0.304. The Morgan fingerprint density at radius 3 is 2.41 bits per heavy atom. The van der Waals surface area contributed by atoms with Crippen molar-refractivity contribution in [3.8, 4) is 11.5 Å². The Bertz CT molecular complexity index is 962. The molecule has 1 fully saturated rings. The zero-order valence-electron chi connectivity index (χ0n) is 17.5. The first-order chi connectivity index (χ1) is 14.0. The second kappa shape index (κ2) is 9.18. The molecule has 0 aromatic heterocycles. The van der Waals surface area contributed by atoms with Gasteiger partial charge in [-0.2, -0.15) is 0 Å². The number of methoxy groups -OCH3 is 1. The summed E-state index contributed by atoms with van der Waals surface area (Å²) in [5.74, 6) is 1.24. The molecule has 29 heavy (non-hydrogen) atoms. The number of thioether (sulfide) groups is 1. The lowest BCUT2D eigenvalue weighted by Gasteiger charge is -2.13. The molecule has 0 N–H and O–H groups in total. The summed E-state index contributed by atoms with van der Waals surface area (Å²) in [4.78, 5) is 20.2. The summed E-state index contributed by atoms with van der Waals surface area (Å²) in [6.45, 7) is 9.02. The number of hydrogen-bond acceptors (Lipinski definition) is 5. The van der Waals surface area contributed by atoms with E-state index in [-0.39, 0.29) is 5.91 Å². The van der Waals surface area contributed by atoms with Crippen LogP contribution in [0.3, 0.4) is 0 Å². The fourth-order valence-electron chi connectivity index (χ4n) is 3.20. The molecular weight excluding hydrogens is 384 g/mol. The lowest BCUT2D eigenvalue weighted by Crippen LogP contribution is -2.28. The summed E-state index contributed by atoms with van der Waals surface area (Å²) in [5, 5.41) is 0.696. The van der Waals surface area contributed by atoms with Crippen LogP contribution in [0.1, 0.15) is 30.5 Å². The van der Waals surface area contributed by atoms with Crippen LogP contribution in [0.4, 0.5) is 5.69 Å². The lowest BCUT2D eigenvalue weighted by molar-refractivity contribution is -0.122. The van der Waals surface area contributed by atoms with Crippen LogP contribution >= 0.6 is 11.8 Å². The van der Waals surface area contributed by atoms with E-state index in [1.165, 1.54) is 11.8 Å². The minimum Gasteiger partial charge on any atom is -0.493 e. The number of amides is 1. The molecule has 0 aliphatic carbocycles. The molecule has 2 aromatic carbocycles. The number of nitrogens with zero attached hydrogens (tertiary/aromatic N) is 2. The van der Waals surface area contributed by atoms with Crippen LogP contribution in [0.25, 0.3) is 6.08 Å². The Hall–Kier alpha value is -2.73. The van der Waals surface area contributed by atoms with Gasteiger partial charge in [-0.05, 0) is 62.7 Å². The highest BCUT2D eigenvalue weighted by molar-refractivity contribution is 8.18. The normalized spacial score (nSPS) is 16.7. The molecule has 2 aromatic rings. The molecule has 5 nitrogen and oxygen atoms in total. The SMILES string of the molecule is CCOc1c(/C=C2/SC(=Nc3c(C)cccc3C)N(CC)C2=O)cccc1OC. The molecule has 152 valence electrons. The van der Waals surface area contributed by atoms with Crippen molar-refractivity contribution < 1.29 is 14.3 Å². The molecule has 0 bridgehead atoms. The van der Waals surface area contributed by atoms with Gasteiger partial charge in [-0.25, -0.2) is 4.99 Å². The number of ether oxygens (including phenoxy) is 2. The quantitative estimate of drug-likeness (QED) is 0.604. The van der Waals surface area contributed by atoms with E-state index in [4.69, 9.17) is 14.5 Å². The van der Waals surface area contributed by atoms with Gasteiger partial charge in [0.25, 0.3) is 5.91 Å². The van der Waals surface area contributed by atoms with Crippen molar-refractivity contribution in [2.24, 2.45) is 4.99 Å². The number of aryl methyl sites for hydroxylation is 2. The number of aliphatic imine (C=N–C) groups is 1. The molecule has 0 unspecified atom stereocenters. The second-order valence-electron chi connectivity index (χ2n) is 6.61. The highest BCUT2D eigenvalue weighted by atomic mass is 32.2. The van der Waals surface area contributed by atoms with Crippen molar-refractivity contribution in [2.45, 2.75) is 27.7 Å². The van der Waals surface area contributed by atoms with E-state index in [2.05, 4.69) is 0 Å². The number of amidine groups is 1. The number of rotatable bonds is 6. The minimum atomic E-state index is -0.0484. The van der Waals surface area contributed by atoms with Crippen molar-refractivity contribution in [1.82, 2.24) is 4.90 Å². The highest BCUT2D eigenvalue weighted by Gasteiger charge is 2.32. The monoisotopic (exact) mass is 410 g/mol. The van der Waals surface area contributed by atoms with Crippen LogP contribution in [0, 0.1) is 13.8 Å². The van der Waals surface area contributed by atoms with Crippen LogP contribution in [-0.4, -0.2) is 36.2 Å². The fourth-order valence-corrected chi connectivity index (χ4v) is 4.23. The van der Waals surface area contributed by atoms with E-state index < -0.39 is 0 Å². The Balaban J connectivity index is 2.03. The molecule has 0 saturated carbocycles. The van der Waals surface area contributed by atoms with Crippen LogP contribution in [0.2, 0.25) is 0 Å². The van der Waals surface area contributed by atoms with Gasteiger partial charge in [0.05, 0.1) is 24.3 Å². The Morgan fingerprint density at radius 2 is 1.79 bits per heavy atom. The van der Waals surface area contributed by atoms with Crippen LogP contribution in [-0.2, 0) is 4.79 Å². The first-order valence-electron chi connectivity index (χ1n) is 9.66. The predicted molar refractivity (Wildman–Crippen MR) is 120 cm³/mol. The Morgan fingerprint density at radius 1 is 1.10 bits per heavy atom. The second-order valence-corrected chi connectivity index (χ2v) is 7.62. The summed E-state index contributed by atoms with van der Waals surface area (Å²) in [7, 11) is 1.61. The average molecular weight is 411 g/mol. The van der Waals surface area contributed by atoms with Gasteiger partial charge in [0.15, 0.2) is 16.7 Å². The third-order valence-electron chi connectivity index (χ3n) is 4.66. The number of carbonyl (C=O) groups is 1. The summed E-state index contributed by atoms with van der Waals surface area (Å²) in [5.41, 5.74) is 3.90. The predicted octanol–water partition coefficient (Wildman–Crippen LogP) is 5.33. The van der Waals surface area contributed by atoms with E-state index in [0.29, 0.717) is 34.7 Å². The molecular formula is C23H26N2O3S. The van der Waals surface area contributed by atoms with Gasteiger partial charge in [-0.3, -0.25) is 9.69 Å². The molecule has 1 aliphatic rings. The smallest absolute Gasteiger partial charge is 0.266 e. The molecule has 1 saturated heterocycles. The summed E-state index contributed by atoms with van der Waals surface area (Å²) in [6.07, 6.45) is 1.86. The van der Waals surface area contributed by atoms with Crippen molar-refractivity contribution in [1.29, 1.82) is 0 Å². The standard InChI is InChI=1S/C23H26N2O3S/c1-6-25-22(26)19(14-17-12-9-13-18(27-5)21(17)28-7-2)29-23(25)24-20-15(3)10-8-11-16(20)4/h8-14H,6-7H2,1-5H3/b19-14+,24-23?. The van der Waals surface area contributed by atoms with Crippen molar-refractivity contribution in [3.63, 3.8) is 0 Å². The molecule has 0 spiro atoms. The first-order valence-corrected chi connectivity index (χ1v) is 10.5. The maximum absolute atomic E-state index is 13.0. The number of benzene rings is 2. The summed E-state index contributed by atoms with van der Waals surface area (Å²) in [6, 6.07) is 11.7. The lowest BCUT2D eigenvalue weighted by atomic mass is 10.1. The number of carbonyl (C=O) groups excluding carboxylic acids is 1. The van der Waals surface area contributed by atoms with E-state index in [1.54, 1.807) is 12.0 Å². The molecule has 1 amide bonds.